The van der Waals surface area contributed by atoms with Crippen LogP contribution in [0.2, 0.25) is 0 Å². The molecular weight excluding hydrogens is 613 g/mol. The van der Waals surface area contributed by atoms with Crippen LogP contribution in [0.15, 0.2) is 174 Å². The topological polar surface area (TPSA) is 56.7 Å². The fourth-order valence-corrected chi connectivity index (χ4v) is 6.71. The van der Waals surface area contributed by atoms with E-state index in [1.165, 1.54) is 0 Å². The molecule has 5 heteroatoms. The molecule has 0 aliphatic heterocycles. The van der Waals surface area contributed by atoms with Crippen molar-refractivity contribution in [1.29, 1.82) is 0 Å². The van der Waals surface area contributed by atoms with Crippen LogP contribution in [0.3, 0.4) is 0 Å². The molecule has 0 N–H and O–H groups in total. The number of aromatic nitrogens is 4. The Morgan fingerprint density at radius 2 is 1.14 bits per heavy atom. The van der Waals surface area contributed by atoms with Crippen molar-refractivity contribution in [2.45, 2.75) is 0 Å². The summed E-state index contributed by atoms with van der Waals surface area (Å²) in [6, 6.07) is 31.5. The molecule has 0 aliphatic carbocycles. The minimum Gasteiger partial charge on any atom is -0.456 e. The molecule has 0 aliphatic rings. The van der Waals surface area contributed by atoms with Gasteiger partial charge in [-0.15, -0.1) is 0 Å². The van der Waals surface area contributed by atoms with Crippen molar-refractivity contribution < 1.29 is 16.8 Å². The molecule has 0 spiro atoms. The lowest BCUT2D eigenvalue weighted by molar-refractivity contribution is 0.669. The number of hydrogen-bond donors (Lipinski definition) is 0. The molecule has 0 fully saturated rings. The highest BCUT2D eigenvalue weighted by atomic mass is 16.3. The van der Waals surface area contributed by atoms with Gasteiger partial charge in [-0.1, -0.05) is 133 Å². The Kier molecular flexibility index (Phi) is 4.67. The van der Waals surface area contributed by atoms with Crippen molar-refractivity contribution in [3.63, 3.8) is 0 Å². The molecule has 0 amide bonds. The van der Waals surface area contributed by atoms with Gasteiger partial charge in [0.05, 0.1) is 23.4 Å². The van der Waals surface area contributed by atoms with Gasteiger partial charge in [0.15, 0.2) is 17.5 Å². The zero-order valence-corrected chi connectivity index (χ0v) is 26.2. The molecule has 0 saturated carbocycles. The van der Waals surface area contributed by atoms with Gasteiger partial charge in [0, 0.05) is 43.9 Å². The fourth-order valence-electron chi connectivity index (χ4n) is 6.71. The van der Waals surface area contributed by atoms with E-state index in [1.54, 1.807) is 28.8 Å². The third kappa shape index (κ3) is 4.52. The average Bonchev–Trinajstić information content (AvgIpc) is 3.83. The van der Waals surface area contributed by atoms with E-state index in [0.717, 1.165) is 27.5 Å². The molecule has 0 bridgehead atoms. The van der Waals surface area contributed by atoms with E-state index in [1.807, 2.05) is 91.0 Å². The van der Waals surface area contributed by atoms with Crippen LogP contribution in [0.1, 0.15) is 12.3 Å². The summed E-state index contributed by atoms with van der Waals surface area (Å²) in [4.78, 5) is 15.0. The van der Waals surface area contributed by atoms with Crippen molar-refractivity contribution in [2.24, 2.45) is 0 Å². The summed E-state index contributed by atoms with van der Waals surface area (Å²) >= 11 is 0. The highest BCUT2D eigenvalue weighted by molar-refractivity contribution is 6.16. The maximum atomic E-state index is 9.17. The number of furan rings is 1. The van der Waals surface area contributed by atoms with Crippen LogP contribution >= 0.6 is 0 Å². The van der Waals surface area contributed by atoms with Gasteiger partial charge >= 0.3 is 0 Å². The van der Waals surface area contributed by atoms with Gasteiger partial charge in [0.1, 0.15) is 11.2 Å². The lowest BCUT2D eigenvalue weighted by atomic mass is 9.99. The lowest BCUT2D eigenvalue weighted by Crippen LogP contribution is -2.01. The van der Waals surface area contributed by atoms with E-state index in [9.17, 15) is 0 Å². The average molecular weight is 650 g/mol. The van der Waals surface area contributed by atoms with E-state index in [0.29, 0.717) is 45.2 Å². The maximum Gasteiger partial charge on any atom is 0.164 e. The molecule has 10 rings (SSSR count). The molecule has 3 heterocycles. The van der Waals surface area contributed by atoms with Gasteiger partial charge in [-0.2, -0.15) is 0 Å². The summed E-state index contributed by atoms with van der Waals surface area (Å²) in [7, 11) is 0. The number of fused-ring (bicyclic) bond motifs is 6. The molecule has 0 saturated heterocycles. The summed E-state index contributed by atoms with van der Waals surface area (Å²) in [5.41, 5.74) is 4.80. The molecule has 234 valence electrons. The van der Waals surface area contributed by atoms with Crippen LogP contribution in [0.5, 0.6) is 0 Å². The Morgan fingerprint density at radius 1 is 0.460 bits per heavy atom. The Hall–Kier alpha value is -6.85. The highest BCUT2D eigenvalue weighted by Gasteiger charge is 2.19. The van der Waals surface area contributed by atoms with Crippen molar-refractivity contribution in [3.05, 3.63) is 170 Å². The number of nitrogens with zero attached hydrogens (tertiary/aromatic N) is 4. The summed E-state index contributed by atoms with van der Waals surface area (Å²) in [6.07, 6.45) is 0. The van der Waals surface area contributed by atoms with Gasteiger partial charge in [0.2, 0.25) is 0 Å². The number of hydrogen-bond acceptors (Lipinski definition) is 4. The summed E-state index contributed by atoms with van der Waals surface area (Å²) in [5, 5.41) is 2.24. The van der Waals surface area contributed by atoms with Gasteiger partial charge in [-0.3, -0.25) is 0 Å². The zero-order chi connectivity index (χ0) is 40.9. The first-order valence-electron chi connectivity index (χ1n) is 20.5. The number of rotatable bonds is 5. The van der Waals surface area contributed by atoms with Gasteiger partial charge in [0.25, 0.3) is 0 Å². The Balaban J connectivity index is 1.25. The normalized spacial score (nSPS) is 14.1. The van der Waals surface area contributed by atoms with E-state index >= 15 is 0 Å². The first kappa shape index (κ1) is 20.5. The Morgan fingerprint density at radius 3 is 2.04 bits per heavy atom. The second-order valence-electron chi connectivity index (χ2n) is 11.8. The maximum absolute atomic E-state index is 9.17. The van der Waals surface area contributed by atoms with Crippen LogP contribution in [0.25, 0.3) is 94.7 Å². The molecule has 0 atom stereocenters. The largest absolute Gasteiger partial charge is 0.456 e. The Bertz CT molecular complexity index is 3370. The molecule has 0 radical (unpaired) electrons. The zero-order valence-electron chi connectivity index (χ0n) is 35.2. The van der Waals surface area contributed by atoms with Gasteiger partial charge in [-0.05, 0) is 47.5 Å². The second kappa shape index (κ2) is 11.4. The van der Waals surface area contributed by atoms with E-state index in [-0.39, 0.29) is 34.1 Å². The Labute approximate surface area is 300 Å². The molecule has 7 aromatic carbocycles. The molecule has 5 nitrogen and oxygen atoms in total. The molecule has 3 aromatic heterocycles. The van der Waals surface area contributed by atoms with E-state index in [2.05, 4.69) is 0 Å². The van der Waals surface area contributed by atoms with Crippen molar-refractivity contribution >= 4 is 43.7 Å². The van der Waals surface area contributed by atoms with Crippen LogP contribution < -0.4 is 0 Å². The van der Waals surface area contributed by atoms with Crippen LogP contribution in [0.4, 0.5) is 0 Å². The van der Waals surface area contributed by atoms with Crippen molar-refractivity contribution in [3.8, 4) is 51.0 Å². The molecule has 10 aromatic rings. The molecule has 0 unspecified atom stereocenters. The SMILES string of the molecule is [2H]c1c([2H])c([2H])c(-c2cccc3c2c2c([2H])c([2H])c([2H])c([2H])c2n3-c2cccc(-c3nc(-c4ccccc4)nc(-c4cccc5oc6ccccc6c45)n3)c2)c([2H])c1[2H]. The highest BCUT2D eigenvalue weighted by Crippen LogP contribution is 2.40. The first-order chi connectivity index (χ1) is 28.5. The first-order valence-corrected chi connectivity index (χ1v) is 16.0. The number of benzene rings is 7. The molecule has 50 heavy (non-hydrogen) atoms. The van der Waals surface area contributed by atoms with Gasteiger partial charge < -0.3 is 8.98 Å². The molecular formula is C45H28N4O. The van der Waals surface area contributed by atoms with E-state index in [4.69, 9.17) is 31.7 Å². The van der Waals surface area contributed by atoms with Gasteiger partial charge in [-0.25, -0.2) is 15.0 Å². The van der Waals surface area contributed by atoms with Crippen LogP contribution in [0, 0.1) is 0 Å². The number of para-hydroxylation sites is 2. The minimum atomic E-state index is -0.538. The van der Waals surface area contributed by atoms with Crippen molar-refractivity contribution in [2.75, 3.05) is 0 Å². The lowest BCUT2D eigenvalue weighted by Gasteiger charge is -2.12. The quantitative estimate of drug-likeness (QED) is 0.186. The fraction of sp³-hybridized carbons (Fsp3) is 0. The summed E-state index contributed by atoms with van der Waals surface area (Å²) < 4.78 is 86.1. The van der Waals surface area contributed by atoms with E-state index < -0.39 is 42.3 Å². The summed E-state index contributed by atoms with van der Waals surface area (Å²) in [6.45, 7) is 0. The monoisotopic (exact) mass is 649 g/mol. The predicted octanol–water partition coefficient (Wildman–Crippen LogP) is 11.5. The third-order valence-electron chi connectivity index (χ3n) is 8.87. The third-order valence-corrected chi connectivity index (χ3v) is 8.87. The van der Waals surface area contributed by atoms with Crippen LogP contribution in [-0.4, -0.2) is 19.5 Å². The predicted molar refractivity (Wildman–Crippen MR) is 203 cm³/mol. The summed E-state index contributed by atoms with van der Waals surface area (Å²) in [5.74, 6) is 1.21. The minimum absolute atomic E-state index is 0.0756. The smallest absolute Gasteiger partial charge is 0.164 e. The van der Waals surface area contributed by atoms with Crippen LogP contribution in [-0.2, 0) is 0 Å². The van der Waals surface area contributed by atoms with Crippen molar-refractivity contribution in [1.82, 2.24) is 19.5 Å². The second-order valence-corrected chi connectivity index (χ2v) is 11.8. The standard InChI is InChI=1S/C45H28N4O/c1-3-14-29(15-4-1)33-22-12-25-38-41(33)34-20-7-9-24-37(34)49(38)32-19-11-18-31(28-32)44-46-43(30-16-5-2-6-17-30)47-45(48-44)36-23-13-27-40-42(36)35-21-8-10-26-39(35)50-40/h1-28H/i1D,3D,4D,7D,9D,14D,15D,20D,24D.